The second-order valence-electron chi connectivity index (χ2n) is 5.84. The first kappa shape index (κ1) is 19.1. The number of carbonyl (C=O) groups is 1. The van der Waals surface area contributed by atoms with Crippen molar-refractivity contribution in [2.45, 2.75) is 6.54 Å². The smallest absolute Gasteiger partial charge is 0.244 e. The molecule has 0 aliphatic heterocycles. The fourth-order valence-corrected chi connectivity index (χ4v) is 2.50. The van der Waals surface area contributed by atoms with Crippen molar-refractivity contribution < 1.29 is 18.7 Å². The fraction of sp³-hybridized carbons (Fsp3) is 0.0909. The van der Waals surface area contributed by atoms with Gasteiger partial charge in [-0.05, 0) is 42.0 Å². The average molecular weight is 378 g/mol. The molecule has 0 bridgehead atoms. The molecule has 0 spiro atoms. The maximum atomic E-state index is 14.2. The van der Waals surface area contributed by atoms with Gasteiger partial charge in [-0.2, -0.15) is 0 Å². The van der Waals surface area contributed by atoms with Gasteiger partial charge in [0.25, 0.3) is 0 Å². The van der Waals surface area contributed by atoms with Crippen LogP contribution in [0.25, 0.3) is 6.08 Å². The van der Waals surface area contributed by atoms with E-state index >= 15 is 0 Å². The molecule has 6 heteroatoms. The quantitative estimate of drug-likeness (QED) is 0.621. The van der Waals surface area contributed by atoms with Gasteiger partial charge >= 0.3 is 0 Å². The lowest BCUT2D eigenvalue weighted by atomic mass is 10.2. The van der Waals surface area contributed by atoms with E-state index in [1.807, 2.05) is 24.3 Å². The number of nitrogens with zero attached hydrogens (tertiary/aromatic N) is 1. The van der Waals surface area contributed by atoms with Crippen molar-refractivity contribution in [3.05, 3.63) is 90.0 Å². The standard InChI is InChI=1S/C22H19FN2O3/c1-27-20-7-3-2-5-17(20)14-25-22(26)11-9-16-8-10-21(19(23)13-16)28-18-6-4-12-24-15-18/h2-13,15H,14H2,1H3,(H,25,26)/b11-9+. The Morgan fingerprint density at radius 3 is 2.75 bits per heavy atom. The Morgan fingerprint density at radius 1 is 1.14 bits per heavy atom. The summed E-state index contributed by atoms with van der Waals surface area (Å²) >= 11 is 0. The van der Waals surface area contributed by atoms with E-state index in [1.165, 1.54) is 30.5 Å². The van der Waals surface area contributed by atoms with Crippen LogP contribution in [-0.4, -0.2) is 18.0 Å². The average Bonchev–Trinajstić information content (AvgIpc) is 2.73. The molecule has 1 N–H and O–H groups in total. The van der Waals surface area contributed by atoms with E-state index in [0.29, 0.717) is 23.6 Å². The summed E-state index contributed by atoms with van der Waals surface area (Å²) in [7, 11) is 1.58. The molecule has 142 valence electrons. The van der Waals surface area contributed by atoms with Crippen molar-refractivity contribution in [2.75, 3.05) is 7.11 Å². The maximum absolute atomic E-state index is 14.2. The van der Waals surface area contributed by atoms with Crippen LogP contribution in [0.15, 0.2) is 73.1 Å². The summed E-state index contributed by atoms with van der Waals surface area (Å²) in [5.74, 6) is 0.423. The molecule has 0 saturated heterocycles. The van der Waals surface area contributed by atoms with Crippen molar-refractivity contribution in [3.8, 4) is 17.2 Å². The van der Waals surface area contributed by atoms with Gasteiger partial charge in [-0.3, -0.25) is 9.78 Å². The largest absolute Gasteiger partial charge is 0.496 e. The second-order valence-corrected chi connectivity index (χ2v) is 5.84. The molecule has 0 aliphatic rings. The lowest BCUT2D eigenvalue weighted by molar-refractivity contribution is -0.116. The van der Waals surface area contributed by atoms with E-state index in [-0.39, 0.29) is 11.7 Å². The molecule has 5 nitrogen and oxygen atoms in total. The number of carbonyl (C=O) groups excluding carboxylic acids is 1. The molecule has 3 aromatic rings. The van der Waals surface area contributed by atoms with Gasteiger partial charge in [0, 0.05) is 24.4 Å². The van der Waals surface area contributed by atoms with Crippen molar-refractivity contribution in [3.63, 3.8) is 0 Å². The number of hydrogen-bond donors (Lipinski definition) is 1. The summed E-state index contributed by atoms with van der Waals surface area (Å²) in [5, 5.41) is 2.77. The van der Waals surface area contributed by atoms with Crippen molar-refractivity contribution in [1.29, 1.82) is 0 Å². The van der Waals surface area contributed by atoms with Crippen LogP contribution >= 0.6 is 0 Å². The van der Waals surface area contributed by atoms with Crippen LogP contribution in [0.5, 0.6) is 17.2 Å². The number of aromatic nitrogens is 1. The van der Waals surface area contributed by atoms with Crippen LogP contribution in [-0.2, 0) is 11.3 Å². The molecule has 0 aliphatic carbocycles. The predicted octanol–water partition coefficient (Wildman–Crippen LogP) is 4.35. The van der Waals surface area contributed by atoms with E-state index in [9.17, 15) is 9.18 Å². The molecule has 1 heterocycles. The number of para-hydroxylation sites is 1. The van der Waals surface area contributed by atoms with E-state index < -0.39 is 5.82 Å². The van der Waals surface area contributed by atoms with Gasteiger partial charge in [-0.25, -0.2) is 4.39 Å². The highest BCUT2D eigenvalue weighted by Gasteiger charge is 2.06. The third kappa shape index (κ3) is 5.17. The fourth-order valence-electron chi connectivity index (χ4n) is 2.50. The van der Waals surface area contributed by atoms with Gasteiger partial charge in [0.15, 0.2) is 11.6 Å². The predicted molar refractivity (Wildman–Crippen MR) is 105 cm³/mol. The van der Waals surface area contributed by atoms with Crippen LogP contribution in [0.1, 0.15) is 11.1 Å². The molecule has 0 fully saturated rings. The van der Waals surface area contributed by atoms with Gasteiger partial charge in [0.2, 0.25) is 5.91 Å². The summed E-state index contributed by atoms with van der Waals surface area (Å²) in [4.78, 5) is 15.9. The highest BCUT2D eigenvalue weighted by atomic mass is 19.1. The van der Waals surface area contributed by atoms with E-state index in [0.717, 1.165) is 5.56 Å². The van der Waals surface area contributed by atoms with E-state index in [4.69, 9.17) is 9.47 Å². The topological polar surface area (TPSA) is 60.5 Å². The molecule has 2 aromatic carbocycles. The Labute approximate surface area is 162 Å². The summed E-state index contributed by atoms with van der Waals surface area (Å²) in [6, 6.07) is 15.3. The molecule has 0 atom stereocenters. The third-order valence-electron chi connectivity index (χ3n) is 3.89. The Morgan fingerprint density at radius 2 is 2.00 bits per heavy atom. The zero-order chi connectivity index (χ0) is 19.8. The number of amides is 1. The molecular formula is C22H19FN2O3. The minimum atomic E-state index is -0.527. The highest BCUT2D eigenvalue weighted by Crippen LogP contribution is 2.24. The molecule has 0 saturated carbocycles. The van der Waals surface area contributed by atoms with Crippen molar-refractivity contribution in [2.24, 2.45) is 0 Å². The normalized spacial score (nSPS) is 10.6. The van der Waals surface area contributed by atoms with Gasteiger partial charge in [-0.15, -0.1) is 0 Å². The van der Waals surface area contributed by atoms with Crippen LogP contribution in [0, 0.1) is 5.82 Å². The monoisotopic (exact) mass is 378 g/mol. The summed E-state index contributed by atoms with van der Waals surface area (Å²) in [5.41, 5.74) is 1.41. The Bertz CT molecular complexity index is 975. The SMILES string of the molecule is COc1ccccc1CNC(=O)/C=C/c1ccc(Oc2cccnc2)c(F)c1. The highest BCUT2D eigenvalue weighted by molar-refractivity contribution is 5.91. The molecule has 0 radical (unpaired) electrons. The van der Waals surface area contributed by atoms with Crippen molar-refractivity contribution in [1.82, 2.24) is 10.3 Å². The number of rotatable bonds is 7. The number of ether oxygens (including phenoxy) is 2. The van der Waals surface area contributed by atoms with Crippen LogP contribution < -0.4 is 14.8 Å². The van der Waals surface area contributed by atoms with Crippen LogP contribution in [0.2, 0.25) is 0 Å². The molecule has 0 unspecified atom stereocenters. The Kier molecular flexibility index (Phi) is 6.36. The molecular weight excluding hydrogens is 359 g/mol. The Balaban J connectivity index is 1.59. The zero-order valence-corrected chi connectivity index (χ0v) is 15.3. The van der Waals surface area contributed by atoms with Crippen LogP contribution in [0.4, 0.5) is 4.39 Å². The maximum Gasteiger partial charge on any atom is 0.244 e. The van der Waals surface area contributed by atoms with Gasteiger partial charge in [0.05, 0.1) is 13.3 Å². The number of pyridine rings is 1. The molecule has 1 aromatic heterocycles. The lowest BCUT2D eigenvalue weighted by Gasteiger charge is -2.08. The first-order valence-corrected chi connectivity index (χ1v) is 8.61. The number of nitrogens with one attached hydrogen (secondary N) is 1. The van der Waals surface area contributed by atoms with Gasteiger partial charge < -0.3 is 14.8 Å². The summed E-state index contributed by atoms with van der Waals surface area (Å²) in [6.45, 7) is 0.333. The molecule has 1 amide bonds. The number of benzene rings is 2. The lowest BCUT2D eigenvalue weighted by Crippen LogP contribution is -2.20. The minimum Gasteiger partial charge on any atom is -0.496 e. The van der Waals surface area contributed by atoms with E-state index in [2.05, 4.69) is 10.3 Å². The Hall–Kier alpha value is -3.67. The molecule has 28 heavy (non-hydrogen) atoms. The number of methoxy groups -OCH3 is 1. The second kappa shape index (κ2) is 9.32. The van der Waals surface area contributed by atoms with E-state index in [1.54, 1.807) is 31.5 Å². The zero-order valence-electron chi connectivity index (χ0n) is 15.3. The number of hydrogen-bond acceptors (Lipinski definition) is 4. The first-order valence-electron chi connectivity index (χ1n) is 8.61. The summed E-state index contributed by atoms with van der Waals surface area (Å²) < 4.78 is 24.9. The minimum absolute atomic E-state index is 0.0887. The molecule has 3 rings (SSSR count). The number of halogens is 1. The first-order chi connectivity index (χ1) is 13.7. The van der Waals surface area contributed by atoms with Crippen molar-refractivity contribution >= 4 is 12.0 Å². The van der Waals surface area contributed by atoms with Gasteiger partial charge in [0.1, 0.15) is 11.5 Å². The summed E-state index contributed by atoms with van der Waals surface area (Å²) in [6.07, 6.45) is 6.00. The van der Waals surface area contributed by atoms with Crippen LogP contribution in [0.3, 0.4) is 0 Å². The van der Waals surface area contributed by atoms with Gasteiger partial charge in [-0.1, -0.05) is 24.3 Å². The third-order valence-corrected chi connectivity index (χ3v) is 3.89.